The number of anilines is 6. The summed E-state index contributed by atoms with van der Waals surface area (Å²) >= 11 is 26.2. The molecule has 0 bridgehead atoms. The van der Waals surface area contributed by atoms with Gasteiger partial charge in [0.15, 0.2) is 0 Å². The number of nitrogen functional groups attached to an aromatic ring is 4. The molecule has 0 saturated heterocycles. The van der Waals surface area contributed by atoms with E-state index in [1.54, 1.807) is 42.5 Å². The third kappa shape index (κ3) is 31.2. The predicted molar refractivity (Wildman–Crippen MR) is 364 cm³/mol. The van der Waals surface area contributed by atoms with E-state index in [0.717, 1.165) is 82.6 Å². The zero-order valence-electron chi connectivity index (χ0n) is 40.7. The number of carbonyl (C=O) groups is 2. The van der Waals surface area contributed by atoms with Crippen LogP contribution in [-0.4, -0.2) is 91.4 Å². The zero-order chi connectivity index (χ0) is 56.6. The molecule has 78 heavy (non-hydrogen) atoms. The first-order valence-electron chi connectivity index (χ1n) is 22.2. The molecule has 0 atom stereocenters. The lowest BCUT2D eigenvalue weighted by atomic mass is 9.81. The van der Waals surface area contributed by atoms with Gasteiger partial charge in [-0.05, 0) is 127 Å². The molecule has 26 heteroatoms. The number of alkyl halides is 2. The van der Waals surface area contributed by atoms with Crippen molar-refractivity contribution in [1.82, 2.24) is 4.81 Å². The molecular weight excluding hydrogens is 1520 g/mol. The second kappa shape index (κ2) is 44.5. The largest absolute Gasteiger partial charge is 0.478 e. The van der Waals surface area contributed by atoms with Gasteiger partial charge >= 0.3 is 13.0 Å². The number of carboxylic acid groups (broad SMARTS) is 1. The number of carboxylic acids is 1. The van der Waals surface area contributed by atoms with Crippen molar-refractivity contribution in [1.29, 1.82) is 0 Å². The quantitative estimate of drug-likeness (QED) is 0.0420. The van der Waals surface area contributed by atoms with Crippen molar-refractivity contribution < 1.29 is 31.0 Å². The standard InChI is InChI=1S/C10H14BBrN2O.C9H10BrNO.C7H7BrN2O.C7H9BrN2.C7H6BrNO2.C7H8BrNO.C2H4Br2.3CH4.B2.H2/c1-11(15)14-5-4-13-10-3-2-9(12)6-8(10)7-14;10-8-1-2-9-7(5-8)6-12-4-3-11-9;8-4-1-2-6(9)5(3-4)7(10)11;8-6-1-2-7(10)5(3-6)4-9;8-4-1-2-6(9)5(3-4)7(10)11;8-6-1-2-7(9)5(3-6)4-10;3-1-2-4;;;;1-2;/h2-3,6,13,15H,4-5,7H2,1H3;1-2,5,11H,3-4,6H2;1-3H,9H2,(H2,10,11);1-3H,4,9-10H2;1-3H,9H2,(H,10,11);1-3,10H,4,9H2;1-2H2;3*1H4;;1H. The number of halogens is 8. The van der Waals surface area contributed by atoms with Gasteiger partial charge in [0.25, 0.3) is 5.91 Å². The van der Waals surface area contributed by atoms with Gasteiger partial charge in [-0.3, -0.25) is 4.79 Å². The Morgan fingerprint density at radius 1 is 0.641 bits per heavy atom. The highest BCUT2D eigenvalue weighted by Gasteiger charge is 2.20. The number of hydrogen-bond acceptors (Lipinski definition) is 13. The summed E-state index contributed by atoms with van der Waals surface area (Å²) in [5.41, 5.74) is 41.5. The maximum absolute atomic E-state index is 10.7. The van der Waals surface area contributed by atoms with Gasteiger partial charge in [-0.1, -0.05) is 150 Å². The number of aliphatic hydroxyl groups excluding tert-OH is 1. The lowest BCUT2D eigenvalue weighted by Crippen LogP contribution is -2.38. The summed E-state index contributed by atoms with van der Waals surface area (Å²) in [5.74, 6) is -1.52. The number of amides is 1. The summed E-state index contributed by atoms with van der Waals surface area (Å²) < 4.78 is 11.0. The van der Waals surface area contributed by atoms with E-state index in [9.17, 15) is 14.6 Å². The van der Waals surface area contributed by atoms with Crippen molar-refractivity contribution in [2.45, 2.75) is 55.4 Å². The van der Waals surface area contributed by atoms with Crippen LogP contribution in [0.3, 0.4) is 0 Å². The molecule has 426 valence electrons. The average Bonchev–Trinajstić information content (AvgIpc) is 3.77. The Morgan fingerprint density at radius 3 is 1.45 bits per heavy atom. The monoisotopic (exact) mass is 1580 g/mol. The number of ether oxygens (including phenoxy) is 1. The molecule has 0 saturated carbocycles. The van der Waals surface area contributed by atoms with Crippen LogP contribution in [0.15, 0.2) is 136 Å². The molecule has 0 aliphatic carbocycles. The highest BCUT2D eigenvalue weighted by Crippen LogP contribution is 2.26. The SMILES string of the molecule is BrCCBr.Brc1ccc2c(c1)COCCN2.C.C.C.CB(O)N1CCNc2ccc(Br)cc2C1.NC(=O)c1cc(Br)ccc1N.NCc1cc(Br)ccc1N.Nc1ccc(Br)cc1C(=O)O.Nc1ccc(Br)cc1CO.[B][B].[HH]. The smallest absolute Gasteiger partial charge is 0.376 e. The van der Waals surface area contributed by atoms with E-state index < -0.39 is 18.9 Å². The zero-order valence-corrected chi connectivity index (χ0v) is 53.4. The molecule has 2 heterocycles. The lowest BCUT2D eigenvalue weighted by Gasteiger charge is -2.20. The molecule has 0 fully saturated rings. The number of nitrogens with two attached hydrogens (primary N) is 6. The van der Waals surface area contributed by atoms with E-state index in [1.165, 1.54) is 28.6 Å². The van der Waals surface area contributed by atoms with Gasteiger partial charge in [0.05, 0.1) is 30.9 Å². The highest BCUT2D eigenvalue weighted by molar-refractivity contribution is 9.12. The Morgan fingerprint density at radius 2 is 1.04 bits per heavy atom. The van der Waals surface area contributed by atoms with Crippen LogP contribution in [0.25, 0.3) is 0 Å². The molecule has 0 aromatic heterocycles. The van der Waals surface area contributed by atoms with E-state index in [1.807, 2.05) is 48.0 Å². The molecule has 17 N–H and O–H groups in total. The topological polar surface area (TPSA) is 287 Å². The molecular formula is C52H72B3Br8N9O6. The molecule has 0 spiro atoms. The molecule has 6 aromatic carbocycles. The van der Waals surface area contributed by atoms with Gasteiger partial charge in [0.1, 0.15) is 0 Å². The van der Waals surface area contributed by atoms with Crippen LogP contribution in [0.2, 0.25) is 6.82 Å². The lowest BCUT2D eigenvalue weighted by molar-refractivity contribution is 0.0697. The number of nitrogens with one attached hydrogen (secondary N) is 2. The van der Waals surface area contributed by atoms with Gasteiger partial charge in [0.2, 0.25) is 0 Å². The van der Waals surface area contributed by atoms with Gasteiger partial charge in [-0.15, -0.1) is 0 Å². The van der Waals surface area contributed by atoms with Crippen LogP contribution in [0.1, 0.15) is 66.7 Å². The third-order valence-electron chi connectivity index (χ3n) is 9.77. The minimum Gasteiger partial charge on any atom is -0.478 e. The number of hydrogen-bond donors (Lipinski definition) is 11. The summed E-state index contributed by atoms with van der Waals surface area (Å²) in [6.07, 6.45) is 0. The van der Waals surface area contributed by atoms with Crippen molar-refractivity contribution in [2.75, 3.05) is 70.5 Å². The molecule has 4 radical (unpaired) electrons. The van der Waals surface area contributed by atoms with Crippen LogP contribution in [0.4, 0.5) is 34.1 Å². The highest BCUT2D eigenvalue weighted by atomic mass is 79.9. The van der Waals surface area contributed by atoms with E-state index in [0.29, 0.717) is 34.6 Å². The van der Waals surface area contributed by atoms with E-state index in [-0.39, 0.29) is 41.6 Å². The summed E-state index contributed by atoms with van der Waals surface area (Å²) in [5, 5.41) is 35.7. The molecule has 0 unspecified atom stereocenters. The number of benzene rings is 6. The number of aromatic carboxylic acids is 1. The Labute approximate surface area is 533 Å². The van der Waals surface area contributed by atoms with Crippen molar-refractivity contribution in [2.24, 2.45) is 11.5 Å². The van der Waals surface area contributed by atoms with Gasteiger partial charge in [0, 0.05) is 132 Å². The Hall–Kier alpha value is -3.11. The second-order valence-electron chi connectivity index (χ2n) is 15.2. The summed E-state index contributed by atoms with van der Waals surface area (Å²) in [6.45, 7) is 7.21. The normalized spacial score (nSPS) is 11.3. The Bertz CT molecular complexity index is 2580. The molecule has 2 aliphatic rings. The van der Waals surface area contributed by atoms with Crippen LogP contribution in [0.5, 0.6) is 0 Å². The van der Waals surface area contributed by atoms with E-state index >= 15 is 0 Å². The first kappa shape index (κ1) is 79.1. The number of nitrogens with zero attached hydrogens (tertiary/aromatic N) is 1. The fourth-order valence-corrected chi connectivity index (χ4v) is 8.38. The van der Waals surface area contributed by atoms with Crippen molar-refractivity contribution in [3.8, 4) is 0 Å². The minimum atomic E-state index is -1.01. The predicted octanol–water partition coefficient (Wildman–Crippen LogP) is 13.2. The number of primary amides is 1. The van der Waals surface area contributed by atoms with E-state index in [4.69, 9.17) is 49.4 Å². The molecule has 8 rings (SSSR count). The van der Waals surface area contributed by atoms with Crippen LogP contribution >= 0.6 is 127 Å². The molecule has 1 amide bonds. The molecule has 6 aromatic rings. The average molecular weight is 1590 g/mol. The van der Waals surface area contributed by atoms with Crippen molar-refractivity contribution in [3.05, 3.63) is 169 Å². The summed E-state index contributed by atoms with van der Waals surface area (Å²) in [6, 6.07) is 33.2. The van der Waals surface area contributed by atoms with Gasteiger partial charge < -0.3 is 69.8 Å². The number of fused-ring (bicyclic) bond motifs is 2. The van der Waals surface area contributed by atoms with Crippen LogP contribution < -0.4 is 45.0 Å². The Balaban J connectivity index is -0.000000416. The fraction of sp³-hybridized carbons (Fsp3) is 0.269. The second-order valence-corrected chi connectivity index (χ2v) is 22.3. The van der Waals surface area contributed by atoms with Crippen LogP contribution in [-0.2, 0) is 31.0 Å². The Kier molecular flexibility index (Phi) is 45.2. The van der Waals surface area contributed by atoms with Crippen molar-refractivity contribution in [3.63, 3.8) is 0 Å². The van der Waals surface area contributed by atoms with Crippen molar-refractivity contribution >= 4 is 196 Å². The third-order valence-corrected chi connectivity index (χ3v) is 14.6. The minimum absolute atomic E-state index is 0. The maximum Gasteiger partial charge on any atom is 0.376 e. The molecule has 15 nitrogen and oxygen atoms in total. The first-order chi connectivity index (χ1) is 35.6. The van der Waals surface area contributed by atoms with Gasteiger partial charge in [-0.25, -0.2) is 4.79 Å². The van der Waals surface area contributed by atoms with E-state index in [2.05, 4.69) is 178 Å². The summed E-state index contributed by atoms with van der Waals surface area (Å²) in [4.78, 5) is 23.2. The maximum atomic E-state index is 10.7. The molecule has 2 aliphatic heterocycles. The summed E-state index contributed by atoms with van der Waals surface area (Å²) in [7, 11) is 7.61. The number of rotatable bonds is 6. The van der Waals surface area contributed by atoms with Gasteiger partial charge in [-0.2, -0.15) is 0 Å². The number of aliphatic hydroxyl groups is 1. The first-order valence-corrected chi connectivity index (χ1v) is 29.2. The van der Waals surface area contributed by atoms with Crippen LogP contribution in [0, 0.1) is 0 Å². The number of carbonyl (C=O) groups excluding carboxylic acids is 1. The fourth-order valence-electron chi connectivity index (χ4n) is 6.03.